The Hall–Kier alpha value is -3.95. The van der Waals surface area contributed by atoms with Crippen LogP contribution in [0.1, 0.15) is 32.8 Å². The maximum atomic E-state index is 13.0. The number of hydrogen-bond donors (Lipinski definition) is 3. The van der Waals surface area contributed by atoms with Gasteiger partial charge in [0, 0.05) is 11.7 Å². The molecule has 0 bridgehead atoms. The minimum Gasteiger partial charge on any atom is -0.490 e. The molecule has 0 fully saturated rings. The monoisotopic (exact) mass is 458 g/mol. The normalized spacial score (nSPS) is 11.5. The first-order chi connectivity index (χ1) is 15.8. The molecule has 10 heteroatoms. The first kappa shape index (κ1) is 25.3. The number of rotatable bonds is 10. The Morgan fingerprint density at radius 3 is 2.42 bits per heavy atom. The van der Waals surface area contributed by atoms with E-state index >= 15 is 0 Å². The van der Waals surface area contributed by atoms with E-state index in [4.69, 9.17) is 9.47 Å². The van der Waals surface area contributed by atoms with Gasteiger partial charge in [0.2, 0.25) is 0 Å². The number of benzene rings is 2. The molecule has 0 aliphatic rings. The topological polar surface area (TPSA) is 118 Å². The van der Waals surface area contributed by atoms with Crippen molar-refractivity contribution in [3.63, 3.8) is 0 Å². The summed E-state index contributed by atoms with van der Waals surface area (Å²) in [5.41, 5.74) is 3.18. The molecule has 2 aromatic rings. The first-order valence-electron chi connectivity index (χ1n) is 10.4. The van der Waals surface area contributed by atoms with Gasteiger partial charge in [0.25, 0.3) is 5.91 Å². The molecule has 9 nitrogen and oxygen atoms in total. The van der Waals surface area contributed by atoms with E-state index in [1.165, 1.54) is 30.5 Å². The fraction of sp³-hybridized carbons (Fsp3) is 0.304. The highest BCUT2D eigenvalue weighted by molar-refractivity contribution is 6.35. The summed E-state index contributed by atoms with van der Waals surface area (Å²) in [5.74, 6) is -1.75. The van der Waals surface area contributed by atoms with Gasteiger partial charge >= 0.3 is 11.8 Å². The summed E-state index contributed by atoms with van der Waals surface area (Å²) >= 11 is 0. The zero-order chi connectivity index (χ0) is 24.2. The van der Waals surface area contributed by atoms with E-state index in [9.17, 15) is 18.8 Å². The molecular formula is C23H27FN4O5. The van der Waals surface area contributed by atoms with Crippen molar-refractivity contribution in [2.75, 3.05) is 18.5 Å². The maximum Gasteiger partial charge on any atom is 0.329 e. The van der Waals surface area contributed by atoms with Crippen molar-refractivity contribution in [2.24, 2.45) is 5.10 Å². The molecule has 176 valence electrons. The lowest BCUT2D eigenvalue weighted by Gasteiger charge is -2.12. The molecule has 3 amide bonds. The molecule has 0 aliphatic carbocycles. The summed E-state index contributed by atoms with van der Waals surface area (Å²) < 4.78 is 24.1. The number of hydrogen-bond acceptors (Lipinski definition) is 6. The van der Waals surface area contributed by atoms with Gasteiger partial charge in [-0.15, -0.1) is 0 Å². The van der Waals surface area contributed by atoms with Crippen LogP contribution < -0.4 is 25.5 Å². The van der Waals surface area contributed by atoms with Crippen molar-refractivity contribution in [2.45, 2.75) is 33.2 Å². The Kier molecular flexibility index (Phi) is 9.81. The molecule has 0 unspecified atom stereocenters. The van der Waals surface area contributed by atoms with Gasteiger partial charge < -0.3 is 20.1 Å². The highest BCUT2D eigenvalue weighted by atomic mass is 19.1. The number of hydrazone groups is 1. The standard InChI is InChI=1S/C23H27FN4O5/c1-4-15(3)26-22(30)23(31)28-25-13-16-6-11-19(20(12-16)32-5-2)33-14-21(29)27-18-9-7-17(24)8-10-18/h6-13,15H,4-5,14H2,1-3H3,(H,26,30)(H,27,29)(H,28,31)/b25-13-/t15-/m1/s1. The van der Waals surface area contributed by atoms with Gasteiger partial charge in [0.05, 0.1) is 12.8 Å². The van der Waals surface area contributed by atoms with Crippen LogP contribution in [0.3, 0.4) is 0 Å². The molecule has 0 spiro atoms. The van der Waals surface area contributed by atoms with Gasteiger partial charge in [-0.3, -0.25) is 14.4 Å². The summed E-state index contributed by atoms with van der Waals surface area (Å²) in [5, 5.41) is 8.92. The van der Waals surface area contributed by atoms with E-state index < -0.39 is 23.5 Å². The van der Waals surface area contributed by atoms with Gasteiger partial charge in [0.15, 0.2) is 18.1 Å². The fourth-order valence-corrected chi connectivity index (χ4v) is 2.47. The van der Waals surface area contributed by atoms with E-state index in [0.29, 0.717) is 35.8 Å². The number of nitrogens with one attached hydrogen (secondary N) is 3. The number of carbonyl (C=O) groups excluding carboxylic acids is 3. The average molecular weight is 458 g/mol. The minimum absolute atomic E-state index is 0.119. The second-order valence-electron chi connectivity index (χ2n) is 6.96. The van der Waals surface area contributed by atoms with Crippen LogP contribution in [0.25, 0.3) is 0 Å². The lowest BCUT2D eigenvalue weighted by molar-refractivity contribution is -0.139. The zero-order valence-electron chi connectivity index (χ0n) is 18.7. The quantitative estimate of drug-likeness (QED) is 0.287. The molecule has 33 heavy (non-hydrogen) atoms. The van der Waals surface area contributed by atoms with Crippen LogP contribution in [0.2, 0.25) is 0 Å². The highest BCUT2D eigenvalue weighted by Crippen LogP contribution is 2.28. The van der Waals surface area contributed by atoms with Gasteiger partial charge in [-0.05, 0) is 68.3 Å². The highest BCUT2D eigenvalue weighted by Gasteiger charge is 2.14. The van der Waals surface area contributed by atoms with Gasteiger partial charge in [-0.1, -0.05) is 6.92 Å². The largest absolute Gasteiger partial charge is 0.490 e. The number of anilines is 1. The molecule has 0 saturated heterocycles. The third-order valence-electron chi connectivity index (χ3n) is 4.33. The van der Waals surface area contributed by atoms with Crippen molar-refractivity contribution < 1.29 is 28.2 Å². The molecule has 2 aromatic carbocycles. The molecule has 0 aromatic heterocycles. The van der Waals surface area contributed by atoms with Crippen molar-refractivity contribution in [3.8, 4) is 11.5 Å². The zero-order valence-corrected chi connectivity index (χ0v) is 18.7. The third kappa shape index (κ3) is 8.60. The Bertz CT molecular complexity index is 995. The lowest BCUT2D eigenvalue weighted by atomic mass is 10.2. The van der Waals surface area contributed by atoms with E-state index in [1.807, 2.05) is 6.92 Å². The van der Waals surface area contributed by atoms with Crippen molar-refractivity contribution in [1.82, 2.24) is 10.7 Å². The molecule has 3 N–H and O–H groups in total. The maximum absolute atomic E-state index is 13.0. The number of ether oxygens (including phenoxy) is 2. The predicted octanol–water partition coefficient (Wildman–Crippen LogP) is 2.61. The van der Waals surface area contributed by atoms with Gasteiger partial charge in [-0.2, -0.15) is 5.10 Å². The molecule has 1 atom stereocenters. The van der Waals surface area contributed by atoms with Crippen molar-refractivity contribution in [3.05, 3.63) is 53.8 Å². The minimum atomic E-state index is -0.872. The third-order valence-corrected chi connectivity index (χ3v) is 4.33. The van der Waals surface area contributed by atoms with Crippen LogP contribution in [0, 0.1) is 5.82 Å². The van der Waals surface area contributed by atoms with Crippen LogP contribution >= 0.6 is 0 Å². The van der Waals surface area contributed by atoms with Gasteiger partial charge in [0.1, 0.15) is 5.82 Å². The van der Waals surface area contributed by atoms with Crippen LogP contribution in [0.15, 0.2) is 47.6 Å². The number of halogens is 1. The van der Waals surface area contributed by atoms with Gasteiger partial charge in [-0.25, -0.2) is 9.82 Å². The van der Waals surface area contributed by atoms with E-state index in [2.05, 4.69) is 21.2 Å². The number of nitrogens with zero attached hydrogens (tertiary/aromatic N) is 1. The second-order valence-corrected chi connectivity index (χ2v) is 6.96. The Balaban J connectivity index is 1.95. The summed E-state index contributed by atoms with van der Waals surface area (Å²) in [7, 11) is 0. The Morgan fingerprint density at radius 1 is 1.03 bits per heavy atom. The number of carbonyl (C=O) groups is 3. The number of amides is 3. The fourth-order valence-electron chi connectivity index (χ4n) is 2.47. The van der Waals surface area contributed by atoms with Crippen LogP contribution in [0.5, 0.6) is 11.5 Å². The van der Waals surface area contributed by atoms with Crippen LogP contribution in [-0.2, 0) is 14.4 Å². The SMILES string of the molecule is CCOc1cc(/C=N\NC(=O)C(=O)N[C@H](C)CC)ccc1OCC(=O)Nc1ccc(F)cc1. The summed E-state index contributed by atoms with van der Waals surface area (Å²) in [6, 6.07) is 10.1. The van der Waals surface area contributed by atoms with E-state index in [0.717, 1.165) is 0 Å². The van der Waals surface area contributed by atoms with Crippen molar-refractivity contribution >= 4 is 29.6 Å². The average Bonchev–Trinajstić information content (AvgIpc) is 2.80. The second kappa shape index (κ2) is 12.8. The smallest absolute Gasteiger partial charge is 0.329 e. The summed E-state index contributed by atoms with van der Waals surface area (Å²) in [4.78, 5) is 35.6. The molecular weight excluding hydrogens is 431 g/mol. The van der Waals surface area contributed by atoms with Crippen LogP contribution in [-0.4, -0.2) is 43.2 Å². The van der Waals surface area contributed by atoms with Crippen molar-refractivity contribution in [1.29, 1.82) is 0 Å². The molecule has 2 rings (SSSR count). The predicted molar refractivity (Wildman–Crippen MR) is 122 cm³/mol. The lowest BCUT2D eigenvalue weighted by Crippen LogP contribution is -2.41. The summed E-state index contributed by atoms with van der Waals surface area (Å²) in [6.45, 7) is 5.54. The first-order valence-corrected chi connectivity index (χ1v) is 10.4. The Labute approximate surface area is 191 Å². The van der Waals surface area contributed by atoms with E-state index in [1.54, 1.807) is 32.0 Å². The van der Waals surface area contributed by atoms with E-state index in [-0.39, 0.29) is 12.6 Å². The molecule has 0 aliphatic heterocycles. The summed E-state index contributed by atoms with van der Waals surface area (Å²) in [6.07, 6.45) is 2.05. The molecule has 0 saturated carbocycles. The van der Waals surface area contributed by atoms with Crippen LogP contribution in [0.4, 0.5) is 10.1 Å². The molecule has 0 heterocycles. The molecule has 0 radical (unpaired) electrons. The Morgan fingerprint density at radius 2 is 1.76 bits per heavy atom.